The van der Waals surface area contributed by atoms with Gasteiger partial charge < -0.3 is 10.6 Å². The first-order valence-electron chi connectivity index (χ1n) is 6.20. The number of hydrogen-bond acceptors (Lipinski definition) is 2. The number of amides is 1. The Labute approximate surface area is 132 Å². The van der Waals surface area contributed by atoms with Gasteiger partial charge in [0.25, 0.3) is 0 Å². The van der Waals surface area contributed by atoms with E-state index in [9.17, 15) is 9.18 Å². The number of aryl methyl sites for hydroxylation is 1. The predicted molar refractivity (Wildman–Crippen MR) is 84.7 cm³/mol. The van der Waals surface area contributed by atoms with E-state index in [1.165, 1.54) is 6.07 Å². The summed E-state index contributed by atoms with van der Waals surface area (Å²) in [5.74, 6) is -0.584. The van der Waals surface area contributed by atoms with E-state index in [0.717, 1.165) is 0 Å². The van der Waals surface area contributed by atoms with Crippen molar-refractivity contribution >= 4 is 40.5 Å². The van der Waals surface area contributed by atoms with E-state index < -0.39 is 0 Å². The average Bonchev–Trinajstić information content (AvgIpc) is 2.44. The Bertz CT molecular complexity index is 677. The van der Waals surface area contributed by atoms with Gasteiger partial charge in [0, 0.05) is 11.4 Å². The van der Waals surface area contributed by atoms with Crippen LogP contribution >= 0.6 is 23.2 Å². The molecule has 2 rings (SSSR count). The Morgan fingerprint density at radius 1 is 1.10 bits per heavy atom. The maximum Gasteiger partial charge on any atom is 0.243 e. The Hall–Kier alpha value is -1.78. The highest BCUT2D eigenvalue weighted by Gasteiger charge is 2.05. The first kappa shape index (κ1) is 15.6. The number of carbonyl (C=O) groups excluding carboxylic acids is 1. The molecule has 0 spiro atoms. The SMILES string of the molecule is Cc1ccc(NCC(=O)Nc2ccc(Cl)c(Cl)c2)cc1F. The van der Waals surface area contributed by atoms with Gasteiger partial charge in [-0.05, 0) is 42.8 Å². The lowest BCUT2D eigenvalue weighted by molar-refractivity contribution is -0.114. The molecule has 21 heavy (non-hydrogen) atoms. The van der Waals surface area contributed by atoms with Crippen LogP contribution in [0, 0.1) is 12.7 Å². The molecular formula is C15H13Cl2FN2O. The molecule has 2 N–H and O–H groups in total. The molecule has 0 aliphatic carbocycles. The minimum atomic E-state index is -0.315. The number of carbonyl (C=O) groups is 1. The first-order chi connectivity index (χ1) is 9.95. The summed E-state index contributed by atoms with van der Waals surface area (Å²) in [5, 5.41) is 6.30. The van der Waals surface area contributed by atoms with E-state index in [-0.39, 0.29) is 18.3 Å². The van der Waals surface area contributed by atoms with E-state index in [1.54, 1.807) is 37.3 Å². The lowest BCUT2D eigenvalue weighted by atomic mass is 10.2. The molecule has 0 saturated heterocycles. The second kappa shape index (κ2) is 6.78. The summed E-state index contributed by atoms with van der Waals surface area (Å²) < 4.78 is 13.4. The molecular weight excluding hydrogens is 314 g/mol. The molecule has 0 bridgehead atoms. The van der Waals surface area contributed by atoms with E-state index in [1.807, 2.05) is 0 Å². The number of anilines is 2. The third-order valence-corrected chi connectivity index (χ3v) is 3.57. The van der Waals surface area contributed by atoms with E-state index in [2.05, 4.69) is 10.6 Å². The molecule has 1 amide bonds. The fraction of sp³-hybridized carbons (Fsp3) is 0.133. The number of benzene rings is 2. The maximum atomic E-state index is 13.4. The van der Waals surface area contributed by atoms with E-state index in [4.69, 9.17) is 23.2 Å². The summed E-state index contributed by atoms with van der Waals surface area (Å²) in [6.07, 6.45) is 0. The summed E-state index contributed by atoms with van der Waals surface area (Å²) in [5.41, 5.74) is 1.65. The minimum absolute atomic E-state index is 0.0166. The number of halogens is 3. The maximum absolute atomic E-state index is 13.4. The van der Waals surface area contributed by atoms with Crippen molar-refractivity contribution in [3.05, 3.63) is 57.8 Å². The third kappa shape index (κ3) is 4.34. The summed E-state index contributed by atoms with van der Waals surface area (Å²) in [4.78, 5) is 11.8. The topological polar surface area (TPSA) is 41.1 Å². The van der Waals surface area contributed by atoms with Crippen LogP contribution in [0.1, 0.15) is 5.56 Å². The zero-order valence-electron chi connectivity index (χ0n) is 11.2. The van der Waals surface area contributed by atoms with Crippen LogP contribution in [0.3, 0.4) is 0 Å². The van der Waals surface area contributed by atoms with Gasteiger partial charge in [0.05, 0.1) is 16.6 Å². The van der Waals surface area contributed by atoms with Crippen molar-refractivity contribution < 1.29 is 9.18 Å². The van der Waals surface area contributed by atoms with Crippen molar-refractivity contribution in [3.63, 3.8) is 0 Å². The molecule has 0 aliphatic rings. The lowest BCUT2D eigenvalue weighted by Gasteiger charge is -2.09. The van der Waals surface area contributed by atoms with Gasteiger partial charge in [-0.2, -0.15) is 0 Å². The van der Waals surface area contributed by atoms with Crippen LogP contribution in [-0.2, 0) is 4.79 Å². The standard InChI is InChI=1S/C15H13Cl2FN2O/c1-9-2-3-10(7-14(9)18)19-8-15(21)20-11-4-5-12(16)13(17)6-11/h2-7,19H,8H2,1H3,(H,20,21). The van der Waals surface area contributed by atoms with Gasteiger partial charge in [-0.15, -0.1) is 0 Å². The zero-order chi connectivity index (χ0) is 15.4. The molecule has 0 aromatic heterocycles. The second-order valence-electron chi connectivity index (χ2n) is 4.49. The van der Waals surface area contributed by atoms with Crippen molar-refractivity contribution in [1.29, 1.82) is 0 Å². The Kier molecular flexibility index (Phi) is 5.04. The molecule has 3 nitrogen and oxygen atoms in total. The van der Waals surface area contributed by atoms with Crippen molar-refractivity contribution in [2.45, 2.75) is 6.92 Å². The lowest BCUT2D eigenvalue weighted by Crippen LogP contribution is -2.21. The summed E-state index contributed by atoms with van der Waals surface area (Å²) in [6, 6.07) is 9.52. The number of rotatable bonds is 4. The van der Waals surface area contributed by atoms with Gasteiger partial charge >= 0.3 is 0 Å². The highest BCUT2D eigenvalue weighted by molar-refractivity contribution is 6.42. The molecule has 2 aromatic rings. The highest BCUT2D eigenvalue weighted by atomic mass is 35.5. The molecule has 110 valence electrons. The zero-order valence-corrected chi connectivity index (χ0v) is 12.7. The fourth-order valence-corrected chi connectivity index (χ4v) is 1.96. The number of hydrogen-bond donors (Lipinski definition) is 2. The van der Waals surface area contributed by atoms with Gasteiger partial charge in [0.2, 0.25) is 5.91 Å². The summed E-state index contributed by atoms with van der Waals surface area (Å²) in [6.45, 7) is 1.69. The van der Waals surface area contributed by atoms with Crippen molar-refractivity contribution in [2.75, 3.05) is 17.2 Å². The van der Waals surface area contributed by atoms with Crippen LogP contribution < -0.4 is 10.6 Å². The molecule has 0 aliphatic heterocycles. The quantitative estimate of drug-likeness (QED) is 0.869. The van der Waals surface area contributed by atoms with Crippen LogP contribution in [0.15, 0.2) is 36.4 Å². The molecule has 0 fully saturated rings. The summed E-state index contributed by atoms with van der Waals surface area (Å²) in [7, 11) is 0. The summed E-state index contributed by atoms with van der Waals surface area (Å²) >= 11 is 11.7. The van der Waals surface area contributed by atoms with E-state index in [0.29, 0.717) is 27.0 Å². The molecule has 0 radical (unpaired) electrons. The van der Waals surface area contributed by atoms with Gasteiger partial charge in [-0.3, -0.25) is 4.79 Å². The van der Waals surface area contributed by atoms with Gasteiger partial charge in [-0.25, -0.2) is 4.39 Å². The molecule has 0 unspecified atom stereocenters. The predicted octanol–water partition coefficient (Wildman–Crippen LogP) is 4.49. The molecule has 0 atom stereocenters. The Balaban J connectivity index is 1.92. The largest absolute Gasteiger partial charge is 0.376 e. The molecule has 0 saturated carbocycles. The van der Waals surface area contributed by atoms with Gasteiger partial charge in [-0.1, -0.05) is 29.3 Å². The fourth-order valence-electron chi connectivity index (χ4n) is 1.66. The van der Waals surface area contributed by atoms with Crippen molar-refractivity contribution in [1.82, 2.24) is 0 Å². The minimum Gasteiger partial charge on any atom is -0.376 e. The first-order valence-corrected chi connectivity index (χ1v) is 6.96. The van der Waals surface area contributed by atoms with Crippen LogP contribution in [0.25, 0.3) is 0 Å². The Morgan fingerprint density at radius 3 is 2.48 bits per heavy atom. The molecule has 6 heteroatoms. The third-order valence-electron chi connectivity index (χ3n) is 2.83. The normalized spacial score (nSPS) is 10.3. The molecule has 2 aromatic carbocycles. The van der Waals surface area contributed by atoms with Crippen LogP contribution in [0.2, 0.25) is 10.0 Å². The Morgan fingerprint density at radius 2 is 1.81 bits per heavy atom. The van der Waals surface area contributed by atoms with E-state index >= 15 is 0 Å². The second-order valence-corrected chi connectivity index (χ2v) is 5.31. The van der Waals surface area contributed by atoms with Gasteiger partial charge in [0.1, 0.15) is 5.82 Å². The smallest absolute Gasteiger partial charge is 0.243 e. The van der Waals surface area contributed by atoms with Crippen LogP contribution in [0.4, 0.5) is 15.8 Å². The van der Waals surface area contributed by atoms with Crippen LogP contribution in [0.5, 0.6) is 0 Å². The monoisotopic (exact) mass is 326 g/mol. The van der Waals surface area contributed by atoms with Crippen molar-refractivity contribution in [2.24, 2.45) is 0 Å². The highest BCUT2D eigenvalue weighted by Crippen LogP contribution is 2.24. The molecule has 0 heterocycles. The van der Waals surface area contributed by atoms with Gasteiger partial charge in [0.15, 0.2) is 0 Å². The van der Waals surface area contributed by atoms with Crippen molar-refractivity contribution in [3.8, 4) is 0 Å². The van der Waals surface area contributed by atoms with Crippen LogP contribution in [-0.4, -0.2) is 12.5 Å². The number of nitrogens with one attached hydrogen (secondary N) is 2. The average molecular weight is 327 g/mol.